The van der Waals surface area contributed by atoms with Crippen molar-refractivity contribution in [3.05, 3.63) is 24.0 Å². The van der Waals surface area contributed by atoms with Crippen LogP contribution >= 0.6 is 0 Å². The van der Waals surface area contributed by atoms with E-state index in [4.69, 9.17) is 11.5 Å². The van der Waals surface area contributed by atoms with Crippen molar-refractivity contribution < 1.29 is 9.59 Å². The van der Waals surface area contributed by atoms with Gasteiger partial charge in [-0.15, -0.1) is 0 Å². The summed E-state index contributed by atoms with van der Waals surface area (Å²) < 4.78 is 0. The van der Waals surface area contributed by atoms with Crippen LogP contribution in [0.4, 0.5) is 10.5 Å². The van der Waals surface area contributed by atoms with Crippen molar-refractivity contribution in [2.75, 3.05) is 25.4 Å². The summed E-state index contributed by atoms with van der Waals surface area (Å²) in [7, 11) is 0. The molecule has 0 spiro atoms. The molecule has 0 aromatic carbocycles. The summed E-state index contributed by atoms with van der Waals surface area (Å²) >= 11 is 0. The fourth-order valence-corrected chi connectivity index (χ4v) is 2.51. The normalized spacial score (nSPS) is 18.3. The summed E-state index contributed by atoms with van der Waals surface area (Å²) in [6.45, 7) is 1.91. The van der Waals surface area contributed by atoms with Crippen LogP contribution in [-0.4, -0.2) is 41.5 Å². The second-order valence-corrected chi connectivity index (χ2v) is 5.35. The highest BCUT2D eigenvalue weighted by atomic mass is 16.2. The quantitative estimate of drug-likeness (QED) is 0.730. The van der Waals surface area contributed by atoms with Crippen LogP contribution in [0.1, 0.15) is 18.5 Å². The van der Waals surface area contributed by atoms with E-state index in [0.717, 1.165) is 19.4 Å². The molecule has 1 aliphatic heterocycles. The highest BCUT2D eigenvalue weighted by Gasteiger charge is 2.23. The van der Waals surface area contributed by atoms with E-state index in [2.05, 4.69) is 10.3 Å². The first kappa shape index (κ1) is 15.1. The maximum atomic E-state index is 12.3. The summed E-state index contributed by atoms with van der Waals surface area (Å²) in [5, 5.41) is 2.61. The number of nitrogens with zero attached hydrogens (tertiary/aromatic N) is 2. The Morgan fingerprint density at radius 1 is 1.43 bits per heavy atom. The summed E-state index contributed by atoms with van der Waals surface area (Å²) in [5.41, 5.74) is 11.9. The number of urea groups is 1. The molecule has 1 saturated heterocycles. The number of nitrogen functional groups attached to an aromatic ring is 1. The molecule has 2 heterocycles. The largest absolute Gasteiger partial charge is 0.397 e. The maximum Gasteiger partial charge on any atom is 0.312 e. The SMILES string of the molecule is NC(=O)NCC1CCCN(C(=O)Cc2ccc(N)cn2)C1. The van der Waals surface area contributed by atoms with Gasteiger partial charge >= 0.3 is 6.03 Å². The van der Waals surface area contributed by atoms with Crippen LogP contribution in [0.3, 0.4) is 0 Å². The number of nitrogens with one attached hydrogen (secondary N) is 1. The van der Waals surface area contributed by atoms with Gasteiger partial charge in [0.15, 0.2) is 0 Å². The van der Waals surface area contributed by atoms with Gasteiger partial charge in [-0.2, -0.15) is 0 Å². The number of nitrogens with two attached hydrogens (primary N) is 2. The van der Waals surface area contributed by atoms with E-state index in [1.54, 1.807) is 18.3 Å². The lowest BCUT2D eigenvalue weighted by atomic mass is 9.97. The Bertz CT molecular complexity index is 503. The molecule has 1 fully saturated rings. The lowest BCUT2D eigenvalue weighted by Crippen LogP contribution is -2.45. The lowest BCUT2D eigenvalue weighted by molar-refractivity contribution is -0.132. The van der Waals surface area contributed by atoms with E-state index < -0.39 is 6.03 Å². The van der Waals surface area contributed by atoms with Crippen molar-refractivity contribution in [2.24, 2.45) is 11.7 Å². The molecule has 21 heavy (non-hydrogen) atoms. The molecule has 114 valence electrons. The van der Waals surface area contributed by atoms with Crippen LogP contribution in [0.25, 0.3) is 0 Å². The number of primary amides is 1. The van der Waals surface area contributed by atoms with Crippen LogP contribution < -0.4 is 16.8 Å². The van der Waals surface area contributed by atoms with Gasteiger partial charge in [-0.25, -0.2) is 4.79 Å². The lowest BCUT2D eigenvalue weighted by Gasteiger charge is -2.32. The number of aromatic nitrogens is 1. The molecule has 0 aliphatic carbocycles. The van der Waals surface area contributed by atoms with Crippen LogP contribution in [-0.2, 0) is 11.2 Å². The van der Waals surface area contributed by atoms with Gasteiger partial charge in [0.1, 0.15) is 0 Å². The van der Waals surface area contributed by atoms with Gasteiger partial charge in [0, 0.05) is 25.3 Å². The number of likely N-dealkylation sites (tertiary alicyclic amines) is 1. The molecular weight excluding hydrogens is 270 g/mol. The predicted octanol–water partition coefficient (Wildman–Crippen LogP) is 0.113. The van der Waals surface area contributed by atoms with E-state index in [0.29, 0.717) is 24.5 Å². The number of carbonyl (C=O) groups is 2. The molecule has 1 aromatic heterocycles. The molecule has 3 amide bonds. The Kier molecular flexibility index (Phi) is 4.97. The minimum Gasteiger partial charge on any atom is -0.397 e. The second kappa shape index (κ2) is 6.92. The third-order valence-electron chi connectivity index (χ3n) is 3.62. The van der Waals surface area contributed by atoms with E-state index in [1.807, 2.05) is 4.90 Å². The molecule has 7 nitrogen and oxygen atoms in total. The summed E-state index contributed by atoms with van der Waals surface area (Å²) in [6.07, 6.45) is 3.75. The van der Waals surface area contributed by atoms with Crippen LogP contribution in [0.15, 0.2) is 18.3 Å². The standard InChI is InChI=1S/C14H21N5O2/c15-11-3-4-12(17-8-11)6-13(20)19-5-1-2-10(9-19)7-18-14(16)21/h3-4,8,10H,1-2,5-7,9,15H2,(H3,16,18,21). The van der Waals surface area contributed by atoms with Gasteiger partial charge in [-0.05, 0) is 30.9 Å². The number of carbonyl (C=O) groups excluding carboxylic acids is 2. The first-order chi connectivity index (χ1) is 10.0. The van der Waals surface area contributed by atoms with E-state index in [9.17, 15) is 9.59 Å². The third-order valence-corrected chi connectivity index (χ3v) is 3.62. The number of anilines is 1. The predicted molar refractivity (Wildman–Crippen MR) is 79.2 cm³/mol. The summed E-state index contributed by atoms with van der Waals surface area (Å²) in [4.78, 5) is 29.0. The minimum atomic E-state index is -0.524. The molecule has 2 rings (SSSR count). The Hall–Kier alpha value is -2.31. The zero-order valence-corrected chi connectivity index (χ0v) is 11.9. The Balaban J connectivity index is 1.86. The third kappa shape index (κ3) is 4.62. The van der Waals surface area contributed by atoms with Crippen LogP contribution in [0.5, 0.6) is 0 Å². The van der Waals surface area contributed by atoms with Gasteiger partial charge in [0.25, 0.3) is 0 Å². The van der Waals surface area contributed by atoms with Crippen LogP contribution in [0.2, 0.25) is 0 Å². The Morgan fingerprint density at radius 2 is 2.24 bits per heavy atom. The average molecular weight is 291 g/mol. The number of piperidine rings is 1. The van der Waals surface area contributed by atoms with Crippen molar-refractivity contribution in [3.63, 3.8) is 0 Å². The van der Waals surface area contributed by atoms with Crippen molar-refractivity contribution in [3.8, 4) is 0 Å². The number of rotatable bonds is 4. The van der Waals surface area contributed by atoms with Crippen molar-refractivity contribution in [1.29, 1.82) is 0 Å². The molecule has 0 radical (unpaired) electrons. The van der Waals surface area contributed by atoms with Gasteiger partial charge in [0.05, 0.1) is 18.3 Å². The monoisotopic (exact) mass is 291 g/mol. The number of amides is 3. The van der Waals surface area contributed by atoms with Gasteiger partial charge in [-0.3, -0.25) is 9.78 Å². The van der Waals surface area contributed by atoms with Gasteiger partial charge < -0.3 is 21.7 Å². The first-order valence-electron chi connectivity index (χ1n) is 7.06. The molecule has 1 aliphatic rings. The Labute approximate surface area is 123 Å². The Morgan fingerprint density at radius 3 is 2.90 bits per heavy atom. The van der Waals surface area contributed by atoms with Crippen molar-refractivity contribution in [2.45, 2.75) is 19.3 Å². The molecular formula is C14H21N5O2. The summed E-state index contributed by atoms with van der Waals surface area (Å²) in [5.74, 6) is 0.311. The fourth-order valence-electron chi connectivity index (χ4n) is 2.51. The summed E-state index contributed by atoms with van der Waals surface area (Å²) in [6, 6.07) is 2.99. The molecule has 1 unspecified atom stereocenters. The van der Waals surface area contributed by atoms with Gasteiger partial charge in [-0.1, -0.05) is 0 Å². The highest BCUT2D eigenvalue weighted by Crippen LogP contribution is 2.16. The number of hydrogen-bond acceptors (Lipinski definition) is 4. The van der Waals surface area contributed by atoms with E-state index >= 15 is 0 Å². The number of hydrogen-bond donors (Lipinski definition) is 3. The average Bonchev–Trinajstić information content (AvgIpc) is 2.48. The topological polar surface area (TPSA) is 114 Å². The molecule has 7 heteroatoms. The smallest absolute Gasteiger partial charge is 0.312 e. The van der Waals surface area contributed by atoms with E-state index in [1.165, 1.54) is 0 Å². The molecule has 5 N–H and O–H groups in total. The zero-order valence-electron chi connectivity index (χ0n) is 11.9. The molecule has 1 aromatic rings. The number of pyridine rings is 1. The van der Waals surface area contributed by atoms with Crippen molar-refractivity contribution in [1.82, 2.24) is 15.2 Å². The van der Waals surface area contributed by atoms with Crippen LogP contribution in [0, 0.1) is 5.92 Å². The second-order valence-electron chi connectivity index (χ2n) is 5.35. The molecule has 1 atom stereocenters. The molecule has 0 bridgehead atoms. The maximum absolute atomic E-state index is 12.3. The minimum absolute atomic E-state index is 0.0519. The first-order valence-corrected chi connectivity index (χ1v) is 7.06. The zero-order chi connectivity index (χ0) is 15.2. The fraction of sp³-hybridized carbons (Fsp3) is 0.500. The van der Waals surface area contributed by atoms with Gasteiger partial charge in [0.2, 0.25) is 5.91 Å². The highest BCUT2D eigenvalue weighted by molar-refractivity contribution is 5.78. The molecule has 0 saturated carbocycles. The van der Waals surface area contributed by atoms with E-state index in [-0.39, 0.29) is 18.2 Å². The van der Waals surface area contributed by atoms with Crippen molar-refractivity contribution >= 4 is 17.6 Å².